The van der Waals surface area contributed by atoms with Crippen molar-refractivity contribution in [2.45, 2.75) is 31.7 Å². The molecule has 2 saturated heterocycles. The number of carbonyl (C=O) groups excluding carboxylic acids is 2. The Morgan fingerprint density at radius 3 is 2.65 bits per heavy atom. The van der Waals surface area contributed by atoms with Gasteiger partial charge in [0.25, 0.3) is 0 Å². The molecule has 2 fully saturated rings. The summed E-state index contributed by atoms with van der Waals surface area (Å²) in [4.78, 5) is 28.2. The van der Waals surface area contributed by atoms with Crippen molar-refractivity contribution < 1.29 is 18.0 Å². The number of amides is 2. The number of rotatable bonds is 6. The lowest BCUT2D eigenvalue weighted by molar-refractivity contribution is -0.136. The molecule has 0 aliphatic carbocycles. The Bertz CT molecular complexity index is 763. The van der Waals surface area contributed by atoms with Crippen molar-refractivity contribution in [2.24, 2.45) is 5.92 Å². The van der Waals surface area contributed by atoms with Gasteiger partial charge in [-0.3, -0.25) is 9.59 Å². The summed E-state index contributed by atoms with van der Waals surface area (Å²) >= 11 is 0. The van der Waals surface area contributed by atoms with E-state index in [0.717, 1.165) is 12.8 Å². The number of hydrogen-bond donors (Lipinski definition) is 0. The Kier molecular flexibility index (Phi) is 5.65. The molecule has 2 heterocycles. The van der Waals surface area contributed by atoms with Crippen LogP contribution in [-0.4, -0.2) is 67.7 Å². The second-order valence-electron chi connectivity index (χ2n) is 7.34. The van der Waals surface area contributed by atoms with E-state index in [1.54, 1.807) is 16.8 Å². The van der Waals surface area contributed by atoms with Gasteiger partial charge in [-0.1, -0.05) is 30.3 Å². The Morgan fingerprint density at radius 1 is 1.27 bits per heavy atom. The topological polar surface area (TPSA) is 74.8 Å². The first-order valence-corrected chi connectivity index (χ1v) is 11.0. The third-order valence-electron chi connectivity index (χ3n) is 5.40. The van der Waals surface area contributed by atoms with E-state index in [0.29, 0.717) is 19.5 Å². The number of nitrogens with zero attached hydrogens (tertiary/aromatic N) is 2. The van der Waals surface area contributed by atoms with Crippen molar-refractivity contribution in [2.75, 3.05) is 31.6 Å². The fourth-order valence-electron chi connectivity index (χ4n) is 3.82. The summed E-state index contributed by atoms with van der Waals surface area (Å²) in [5.74, 6) is -0.260. The lowest BCUT2D eigenvalue weighted by Crippen LogP contribution is -2.42. The van der Waals surface area contributed by atoms with E-state index < -0.39 is 9.84 Å². The molecule has 1 aromatic carbocycles. The summed E-state index contributed by atoms with van der Waals surface area (Å²) in [6, 6.07) is 9.88. The van der Waals surface area contributed by atoms with E-state index in [9.17, 15) is 18.0 Å². The molecule has 0 saturated carbocycles. The summed E-state index contributed by atoms with van der Waals surface area (Å²) in [7, 11) is -1.37. The summed E-state index contributed by atoms with van der Waals surface area (Å²) in [5, 5.41) is 0. The molecule has 2 aliphatic heterocycles. The van der Waals surface area contributed by atoms with Crippen LogP contribution in [0.5, 0.6) is 0 Å². The predicted octanol–water partition coefficient (Wildman–Crippen LogP) is 1.11. The SMILES string of the molecule is CN(C(=O)C1CC(=O)N(CCCc2ccccc2)C1)C1CCS(=O)(=O)C1. The monoisotopic (exact) mass is 378 g/mol. The van der Waals surface area contributed by atoms with Crippen LogP contribution >= 0.6 is 0 Å². The Labute approximate surface area is 155 Å². The van der Waals surface area contributed by atoms with Crippen LogP contribution in [0.4, 0.5) is 0 Å². The van der Waals surface area contributed by atoms with Crippen molar-refractivity contribution >= 4 is 21.7 Å². The quantitative estimate of drug-likeness (QED) is 0.743. The average Bonchev–Trinajstić information content (AvgIpc) is 3.17. The van der Waals surface area contributed by atoms with Crippen LogP contribution < -0.4 is 0 Å². The molecule has 2 atom stereocenters. The van der Waals surface area contributed by atoms with E-state index in [1.807, 2.05) is 18.2 Å². The average molecular weight is 378 g/mol. The fraction of sp³-hybridized carbons (Fsp3) is 0.579. The van der Waals surface area contributed by atoms with Crippen LogP contribution in [0.1, 0.15) is 24.8 Å². The highest BCUT2D eigenvalue weighted by Crippen LogP contribution is 2.24. The predicted molar refractivity (Wildman–Crippen MR) is 99.3 cm³/mol. The molecular weight excluding hydrogens is 352 g/mol. The van der Waals surface area contributed by atoms with Crippen LogP contribution in [-0.2, 0) is 25.8 Å². The summed E-state index contributed by atoms with van der Waals surface area (Å²) in [6.45, 7) is 1.09. The van der Waals surface area contributed by atoms with E-state index in [4.69, 9.17) is 0 Å². The molecule has 26 heavy (non-hydrogen) atoms. The zero-order valence-electron chi connectivity index (χ0n) is 15.1. The molecule has 6 nitrogen and oxygen atoms in total. The van der Waals surface area contributed by atoms with Gasteiger partial charge in [0.05, 0.1) is 17.4 Å². The smallest absolute Gasteiger partial charge is 0.228 e. The maximum absolute atomic E-state index is 12.7. The lowest BCUT2D eigenvalue weighted by Gasteiger charge is -2.26. The molecule has 0 N–H and O–H groups in total. The number of likely N-dealkylation sites (tertiary alicyclic amines) is 1. The third-order valence-corrected chi connectivity index (χ3v) is 7.15. The van der Waals surface area contributed by atoms with Gasteiger partial charge in [-0.2, -0.15) is 0 Å². The number of sulfone groups is 1. The molecule has 3 rings (SSSR count). The minimum absolute atomic E-state index is 0.0175. The Balaban J connectivity index is 1.49. The number of benzene rings is 1. The van der Waals surface area contributed by atoms with Gasteiger partial charge < -0.3 is 9.80 Å². The van der Waals surface area contributed by atoms with Gasteiger partial charge in [-0.05, 0) is 24.8 Å². The van der Waals surface area contributed by atoms with Crippen molar-refractivity contribution in [3.63, 3.8) is 0 Å². The maximum atomic E-state index is 12.7. The standard InChI is InChI=1S/C19H26N2O4S/c1-20(17-9-11-26(24,25)14-17)19(23)16-12-18(22)21(13-16)10-5-8-15-6-3-2-4-7-15/h2-4,6-7,16-17H,5,8-14H2,1H3. The molecule has 0 radical (unpaired) electrons. The third kappa shape index (κ3) is 4.44. The molecule has 142 valence electrons. The Morgan fingerprint density at radius 2 is 2.00 bits per heavy atom. The van der Waals surface area contributed by atoms with Crippen LogP contribution in [0, 0.1) is 5.92 Å². The Hall–Kier alpha value is -1.89. The van der Waals surface area contributed by atoms with Crippen molar-refractivity contribution in [1.29, 1.82) is 0 Å². The minimum Gasteiger partial charge on any atom is -0.342 e. The van der Waals surface area contributed by atoms with E-state index >= 15 is 0 Å². The molecule has 0 bridgehead atoms. The number of carbonyl (C=O) groups is 2. The maximum Gasteiger partial charge on any atom is 0.228 e. The molecule has 1 aromatic rings. The first-order chi connectivity index (χ1) is 12.4. The van der Waals surface area contributed by atoms with Crippen molar-refractivity contribution in [1.82, 2.24) is 9.80 Å². The van der Waals surface area contributed by atoms with Crippen LogP contribution in [0.15, 0.2) is 30.3 Å². The van der Waals surface area contributed by atoms with Gasteiger partial charge in [-0.25, -0.2) is 8.42 Å². The fourth-order valence-corrected chi connectivity index (χ4v) is 5.60. The lowest BCUT2D eigenvalue weighted by atomic mass is 10.1. The molecule has 0 spiro atoms. The van der Waals surface area contributed by atoms with Crippen LogP contribution in [0.3, 0.4) is 0 Å². The van der Waals surface area contributed by atoms with Gasteiger partial charge >= 0.3 is 0 Å². The van der Waals surface area contributed by atoms with Crippen molar-refractivity contribution in [3.8, 4) is 0 Å². The van der Waals surface area contributed by atoms with Gasteiger partial charge in [0.1, 0.15) is 0 Å². The van der Waals surface area contributed by atoms with Gasteiger partial charge in [0.2, 0.25) is 11.8 Å². The van der Waals surface area contributed by atoms with Gasteiger partial charge in [0, 0.05) is 32.6 Å². The van der Waals surface area contributed by atoms with Crippen molar-refractivity contribution in [3.05, 3.63) is 35.9 Å². The van der Waals surface area contributed by atoms with E-state index in [2.05, 4.69) is 12.1 Å². The molecule has 0 aromatic heterocycles. The summed E-state index contributed by atoms with van der Waals surface area (Å²) in [5.41, 5.74) is 1.24. The number of hydrogen-bond acceptors (Lipinski definition) is 4. The molecular formula is C19H26N2O4S. The van der Waals surface area contributed by atoms with E-state index in [-0.39, 0.29) is 41.7 Å². The number of aryl methyl sites for hydroxylation is 1. The first-order valence-electron chi connectivity index (χ1n) is 9.14. The summed E-state index contributed by atoms with van der Waals surface area (Å²) < 4.78 is 23.3. The highest BCUT2D eigenvalue weighted by Gasteiger charge is 2.39. The highest BCUT2D eigenvalue weighted by molar-refractivity contribution is 7.91. The molecule has 2 aliphatic rings. The van der Waals surface area contributed by atoms with Crippen LogP contribution in [0.25, 0.3) is 0 Å². The normalized spacial score (nSPS) is 24.8. The molecule has 2 amide bonds. The van der Waals surface area contributed by atoms with Crippen LogP contribution in [0.2, 0.25) is 0 Å². The zero-order valence-corrected chi connectivity index (χ0v) is 16.0. The van der Waals surface area contributed by atoms with E-state index in [1.165, 1.54) is 5.56 Å². The zero-order chi connectivity index (χ0) is 18.7. The second-order valence-corrected chi connectivity index (χ2v) is 9.56. The van der Waals surface area contributed by atoms with Gasteiger partial charge in [0.15, 0.2) is 9.84 Å². The first kappa shape index (κ1) is 18.9. The summed E-state index contributed by atoms with van der Waals surface area (Å²) in [6.07, 6.45) is 2.50. The molecule has 2 unspecified atom stereocenters. The minimum atomic E-state index is -3.03. The largest absolute Gasteiger partial charge is 0.342 e. The highest BCUT2D eigenvalue weighted by atomic mass is 32.2. The molecule has 7 heteroatoms. The van der Waals surface area contributed by atoms with Gasteiger partial charge in [-0.15, -0.1) is 0 Å². The second kappa shape index (κ2) is 7.78.